The number of ether oxygens (including phenoxy) is 1. The normalized spacial score (nSPS) is 35.2. The van der Waals surface area contributed by atoms with Gasteiger partial charge in [-0.05, 0) is 50.4 Å². The summed E-state index contributed by atoms with van der Waals surface area (Å²) in [5.74, 6) is 2.30. The Hall–Kier alpha value is -0.570. The quantitative estimate of drug-likeness (QED) is 0.835. The van der Waals surface area contributed by atoms with E-state index in [1.165, 1.54) is 38.5 Å². The van der Waals surface area contributed by atoms with Gasteiger partial charge in [0.25, 0.3) is 0 Å². The number of hydrogen-bond acceptors (Lipinski definition) is 2. The fourth-order valence-electron chi connectivity index (χ4n) is 3.99. The van der Waals surface area contributed by atoms with Gasteiger partial charge >= 0.3 is 0 Å². The predicted molar refractivity (Wildman–Crippen MR) is 86.1 cm³/mol. The van der Waals surface area contributed by atoms with Crippen LogP contribution in [0.5, 0.6) is 0 Å². The van der Waals surface area contributed by atoms with Crippen LogP contribution in [0.2, 0.25) is 0 Å². The van der Waals surface area contributed by atoms with Crippen LogP contribution < -0.4 is 5.32 Å². The molecule has 2 saturated carbocycles. The summed E-state index contributed by atoms with van der Waals surface area (Å²) < 4.78 is 5.97. The van der Waals surface area contributed by atoms with Crippen molar-refractivity contribution in [2.75, 3.05) is 6.54 Å². The van der Waals surface area contributed by atoms with E-state index in [1.807, 2.05) is 6.92 Å². The minimum Gasteiger partial charge on any atom is -0.365 e. The van der Waals surface area contributed by atoms with Crippen molar-refractivity contribution in [2.45, 2.75) is 84.3 Å². The highest BCUT2D eigenvalue weighted by atomic mass is 16.5. The summed E-state index contributed by atoms with van der Waals surface area (Å²) in [5, 5.41) is 3.11. The molecule has 21 heavy (non-hydrogen) atoms. The molecule has 0 aromatic heterocycles. The number of amides is 1. The third kappa shape index (κ3) is 5.61. The van der Waals surface area contributed by atoms with Crippen LogP contribution in [0.4, 0.5) is 0 Å². The zero-order chi connectivity index (χ0) is 15.2. The molecule has 2 fully saturated rings. The molecule has 1 N–H and O–H groups in total. The number of carbonyl (C=O) groups is 1. The van der Waals surface area contributed by atoms with Crippen molar-refractivity contribution in [3.63, 3.8) is 0 Å². The first-order valence-electron chi connectivity index (χ1n) is 8.97. The first kappa shape index (κ1) is 16.8. The van der Waals surface area contributed by atoms with Gasteiger partial charge in [0.05, 0.1) is 6.10 Å². The van der Waals surface area contributed by atoms with Gasteiger partial charge in [-0.1, -0.05) is 39.5 Å². The Morgan fingerprint density at radius 3 is 2.43 bits per heavy atom. The van der Waals surface area contributed by atoms with Crippen LogP contribution in [-0.4, -0.2) is 24.7 Å². The van der Waals surface area contributed by atoms with E-state index >= 15 is 0 Å². The molecule has 122 valence electrons. The van der Waals surface area contributed by atoms with Crippen LogP contribution in [-0.2, 0) is 9.53 Å². The van der Waals surface area contributed by atoms with Gasteiger partial charge in [-0.2, -0.15) is 0 Å². The molecule has 0 aliphatic heterocycles. The fourth-order valence-corrected chi connectivity index (χ4v) is 3.99. The Balaban J connectivity index is 1.67. The Morgan fingerprint density at radius 2 is 1.76 bits per heavy atom. The molecule has 0 spiro atoms. The zero-order valence-corrected chi connectivity index (χ0v) is 14.1. The molecule has 1 amide bonds. The fraction of sp³-hybridized carbons (Fsp3) is 0.944. The van der Waals surface area contributed by atoms with E-state index in [0.717, 1.165) is 31.2 Å². The third-order valence-corrected chi connectivity index (χ3v) is 5.26. The van der Waals surface area contributed by atoms with Gasteiger partial charge in [-0.15, -0.1) is 0 Å². The van der Waals surface area contributed by atoms with Gasteiger partial charge in [0.1, 0.15) is 6.10 Å². The van der Waals surface area contributed by atoms with Crippen molar-refractivity contribution in [1.29, 1.82) is 0 Å². The minimum atomic E-state index is -0.304. The number of nitrogens with one attached hydrogen (secondary N) is 1. The van der Waals surface area contributed by atoms with Gasteiger partial charge in [-0.3, -0.25) is 4.79 Å². The van der Waals surface area contributed by atoms with Gasteiger partial charge in [0.2, 0.25) is 5.91 Å². The second-order valence-corrected chi connectivity index (χ2v) is 7.56. The van der Waals surface area contributed by atoms with Crippen molar-refractivity contribution < 1.29 is 9.53 Å². The zero-order valence-electron chi connectivity index (χ0n) is 14.1. The van der Waals surface area contributed by atoms with Gasteiger partial charge in [-0.25, -0.2) is 0 Å². The molecule has 0 bridgehead atoms. The van der Waals surface area contributed by atoms with Crippen LogP contribution in [0.15, 0.2) is 0 Å². The molecule has 0 saturated heterocycles. The minimum absolute atomic E-state index is 0.0754. The van der Waals surface area contributed by atoms with E-state index in [9.17, 15) is 4.79 Å². The van der Waals surface area contributed by atoms with E-state index in [4.69, 9.17) is 4.74 Å². The smallest absolute Gasteiger partial charge is 0.248 e. The summed E-state index contributed by atoms with van der Waals surface area (Å²) in [5.41, 5.74) is 0. The molecule has 0 unspecified atom stereocenters. The standard InChI is InChI=1S/C18H33NO2/c1-13-6-4-8-16(10-13)12-19-18(20)15(3)21-17-9-5-7-14(2)11-17/h13-17H,4-12H2,1-3H3,(H,19,20)/t13-,14-,15+,16+,17-/m1/s1. The highest BCUT2D eigenvalue weighted by Gasteiger charge is 2.25. The molecular formula is C18H33NO2. The second-order valence-electron chi connectivity index (χ2n) is 7.56. The predicted octanol–water partition coefficient (Wildman–Crippen LogP) is 3.91. The lowest BCUT2D eigenvalue weighted by Crippen LogP contribution is -2.40. The molecule has 3 heteroatoms. The van der Waals surface area contributed by atoms with E-state index in [-0.39, 0.29) is 18.1 Å². The van der Waals surface area contributed by atoms with E-state index in [1.54, 1.807) is 0 Å². The van der Waals surface area contributed by atoms with Gasteiger partial charge in [0, 0.05) is 6.54 Å². The first-order chi connectivity index (χ1) is 10.0. The molecule has 0 aromatic rings. The van der Waals surface area contributed by atoms with E-state index in [0.29, 0.717) is 5.92 Å². The Bertz CT molecular complexity index is 331. The second kappa shape index (κ2) is 8.17. The lowest BCUT2D eigenvalue weighted by Gasteiger charge is -2.30. The van der Waals surface area contributed by atoms with E-state index < -0.39 is 0 Å². The van der Waals surface area contributed by atoms with Crippen molar-refractivity contribution >= 4 is 5.91 Å². The van der Waals surface area contributed by atoms with Crippen molar-refractivity contribution in [2.24, 2.45) is 17.8 Å². The highest BCUT2D eigenvalue weighted by molar-refractivity contribution is 5.80. The van der Waals surface area contributed by atoms with E-state index in [2.05, 4.69) is 19.2 Å². The molecular weight excluding hydrogens is 262 g/mol. The molecule has 2 aliphatic rings. The summed E-state index contributed by atoms with van der Waals surface area (Å²) in [6.45, 7) is 7.34. The molecule has 0 aromatic carbocycles. The van der Waals surface area contributed by atoms with Crippen LogP contribution in [0.3, 0.4) is 0 Å². The summed E-state index contributed by atoms with van der Waals surface area (Å²) in [6, 6.07) is 0. The van der Waals surface area contributed by atoms with Crippen LogP contribution >= 0.6 is 0 Å². The average Bonchev–Trinajstić information content (AvgIpc) is 2.45. The molecule has 0 heterocycles. The lowest BCUT2D eigenvalue weighted by molar-refractivity contribution is -0.137. The number of rotatable bonds is 5. The third-order valence-electron chi connectivity index (χ3n) is 5.26. The lowest BCUT2D eigenvalue weighted by atomic mass is 9.82. The summed E-state index contributed by atoms with van der Waals surface area (Å²) >= 11 is 0. The molecule has 3 nitrogen and oxygen atoms in total. The number of carbonyl (C=O) groups excluding carboxylic acids is 1. The first-order valence-corrected chi connectivity index (χ1v) is 8.97. The van der Waals surface area contributed by atoms with Crippen molar-refractivity contribution in [1.82, 2.24) is 5.32 Å². The largest absolute Gasteiger partial charge is 0.365 e. The monoisotopic (exact) mass is 295 g/mol. The van der Waals surface area contributed by atoms with Gasteiger partial charge < -0.3 is 10.1 Å². The highest BCUT2D eigenvalue weighted by Crippen LogP contribution is 2.28. The molecule has 5 atom stereocenters. The SMILES string of the molecule is C[C@@H]1CCC[C@H](CNC(=O)[C@H](C)O[C@@H]2CCC[C@@H](C)C2)C1. The molecule has 2 aliphatic carbocycles. The van der Waals surface area contributed by atoms with Crippen LogP contribution in [0.1, 0.15) is 72.1 Å². The Kier molecular flexibility index (Phi) is 6.53. The van der Waals surface area contributed by atoms with Crippen molar-refractivity contribution in [3.8, 4) is 0 Å². The maximum Gasteiger partial charge on any atom is 0.248 e. The molecule has 2 rings (SSSR count). The summed E-state index contributed by atoms with van der Waals surface area (Å²) in [4.78, 5) is 12.2. The maximum atomic E-state index is 12.2. The molecule has 0 radical (unpaired) electrons. The Morgan fingerprint density at radius 1 is 1.10 bits per heavy atom. The summed E-state index contributed by atoms with van der Waals surface area (Å²) in [7, 11) is 0. The average molecular weight is 295 g/mol. The number of hydrogen-bond donors (Lipinski definition) is 1. The Labute approximate surface area is 130 Å². The van der Waals surface area contributed by atoms with Crippen LogP contribution in [0, 0.1) is 17.8 Å². The topological polar surface area (TPSA) is 38.3 Å². The van der Waals surface area contributed by atoms with Gasteiger partial charge in [0.15, 0.2) is 0 Å². The van der Waals surface area contributed by atoms with Crippen LogP contribution in [0.25, 0.3) is 0 Å². The summed E-state index contributed by atoms with van der Waals surface area (Å²) in [6.07, 6.45) is 9.93. The maximum absolute atomic E-state index is 12.2. The van der Waals surface area contributed by atoms with Crippen molar-refractivity contribution in [3.05, 3.63) is 0 Å².